The molecule has 6 heteroatoms. The summed E-state index contributed by atoms with van der Waals surface area (Å²) < 4.78 is 19.9. The molecule has 3 nitrogen and oxygen atoms in total. The molecule has 4 aromatic carbocycles. The number of benzene rings is 4. The van der Waals surface area contributed by atoms with Crippen molar-refractivity contribution in [1.82, 2.24) is 0 Å². The number of rotatable bonds is 18. The molecule has 0 aliphatic rings. The zero-order valence-corrected chi connectivity index (χ0v) is 35.4. The lowest BCUT2D eigenvalue weighted by molar-refractivity contribution is -0.0419. The topological polar surface area (TPSA) is 27.7 Å². The summed E-state index contributed by atoms with van der Waals surface area (Å²) in [6.45, 7) is 20.3. The summed E-state index contributed by atoms with van der Waals surface area (Å²) in [5, 5.41) is 4.25. The van der Waals surface area contributed by atoms with Crippen molar-refractivity contribution in [2.75, 3.05) is 19.9 Å². The maximum absolute atomic E-state index is 7.32. The van der Waals surface area contributed by atoms with Gasteiger partial charge in [0.25, 0.3) is 0 Å². The van der Waals surface area contributed by atoms with Crippen LogP contribution in [0.2, 0.25) is 16.6 Å². The van der Waals surface area contributed by atoms with Crippen LogP contribution in [0.4, 0.5) is 0 Å². The molecule has 49 heavy (non-hydrogen) atoms. The van der Waals surface area contributed by atoms with Gasteiger partial charge in [0, 0.05) is 18.4 Å². The Labute approximate surface area is 317 Å². The largest absolute Gasteiger partial charge is 1.00 e. The molecule has 0 radical (unpaired) electrons. The van der Waals surface area contributed by atoms with E-state index in [-0.39, 0.29) is 41.9 Å². The van der Waals surface area contributed by atoms with E-state index in [4.69, 9.17) is 13.9 Å². The first-order valence-corrected chi connectivity index (χ1v) is 22.1. The van der Waals surface area contributed by atoms with Crippen LogP contribution in [-0.4, -0.2) is 34.3 Å². The zero-order chi connectivity index (χ0) is 34.7. The molecule has 0 N–H and O–H groups in total. The minimum atomic E-state index is -2.05. The molecule has 0 unspecified atom stereocenters. The monoisotopic (exact) mass is 810 g/mol. The molecule has 266 valence electrons. The Kier molecular flexibility index (Phi) is 16.5. The van der Waals surface area contributed by atoms with E-state index in [1.54, 1.807) is 7.11 Å². The van der Waals surface area contributed by atoms with Gasteiger partial charge < -0.3 is 37.9 Å². The zero-order valence-electron chi connectivity index (χ0n) is 31.3. The normalized spacial score (nSPS) is 14.0. The van der Waals surface area contributed by atoms with Gasteiger partial charge in [-0.15, -0.1) is 0 Å². The highest BCUT2D eigenvalue weighted by molar-refractivity contribution is 7.95. The fourth-order valence-electron chi connectivity index (χ4n) is 8.22. The smallest absolute Gasteiger partial charge is 0.200 e. The molecule has 0 spiro atoms. The molecule has 0 bridgehead atoms. The van der Waals surface area contributed by atoms with Crippen molar-refractivity contribution >= 4 is 31.5 Å². The molecule has 4 rings (SSSR count). The Balaban J connectivity index is 0.00000650. The second kappa shape index (κ2) is 19.5. The summed E-state index contributed by atoms with van der Waals surface area (Å²) >= 11 is 0. The van der Waals surface area contributed by atoms with E-state index in [2.05, 4.69) is 159 Å². The Bertz CT molecular complexity index is 1360. The first kappa shape index (κ1) is 41.4. The van der Waals surface area contributed by atoms with Crippen LogP contribution in [0.25, 0.3) is 0 Å². The van der Waals surface area contributed by atoms with Gasteiger partial charge >= 0.3 is 0 Å². The van der Waals surface area contributed by atoms with Crippen LogP contribution in [-0.2, 0) is 15.8 Å². The molecule has 0 amide bonds. The molecule has 0 fully saturated rings. The van der Waals surface area contributed by atoms with Crippen LogP contribution in [0.1, 0.15) is 67.4 Å². The lowest BCUT2D eigenvalue weighted by atomic mass is 9.91. The van der Waals surface area contributed by atoms with Crippen LogP contribution >= 0.6 is 7.26 Å². The molecule has 4 aromatic rings. The minimum absolute atomic E-state index is 0. The van der Waals surface area contributed by atoms with Crippen LogP contribution in [0, 0.1) is 11.8 Å². The summed E-state index contributed by atoms with van der Waals surface area (Å²) in [6, 6.07) is 42.0. The first-order chi connectivity index (χ1) is 23.1. The molecule has 0 aliphatic heterocycles. The van der Waals surface area contributed by atoms with Gasteiger partial charge in [-0.25, -0.2) is 0 Å². The Morgan fingerprint density at radius 1 is 0.612 bits per heavy atom. The third-order valence-electron chi connectivity index (χ3n) is 10.6. The fraction of sp³-hybridized carbons (Fsp3) is 0.442. The standard InChI is InChI=1S/C43H60O3PSi.HI/c1-10-38(31-46-48(33(2)3,34(4)5)35(6)7)43(45-30-37-26-28-39(44-9)29-27-37)36(8)32-47(40-20-14-11-15-21-40,41-22-16-12-17-23-41)42-24-18-13-19-25-42;/h11-29,33-36,38,43H,10,30-32H2,1-9H3;1H/q+1;/p-1/t36-,38-,43+;/m1./s1. The predicted molar refractivity (Wildman–Crippen MR) is 212 cm³/mol. The van der Waals surface area contributed by atoms with E-state index in [1.807, 2.05) is 12.1 Å². The Morgan fingerprint density at radius 2 is 1.04 bits per heavy atom. The van der Waals surface area contributed by atoms with Gasteiger partial charge in [0.15, 0.2) is 8.32 Å². The summed E-state index contributed by atoms with van der Waals surface area (Å²) in [6.07, 6.45) is 2.03. The van der Waals surface area contributed by atoms with Crippen molar-refractivity contribution in [2.45, 2.75) is 91.1 Å². The molecule has 0 heterocycles. The third kappa shape index (κ3) is 9.65. The van der Waals surface area contributed by atoms with Crippen LogP contribution < -0.4 is 44.6 Å². The summed E-state index contributed by atoms with van der Waals surface area (Å²) in [7, 11) is -2.39. The first-order valence-electron chi connectivity index (χ1n) is 18.0. The highest BCUT2D eigenvalue weighted by Crippen LogP contribution is 2.57. The average molecular weight is 811 g/mol. The van der Waals surface area contributed by atoms with Gasteiger partial charge in [0.2, 0.25) is 0 Å². The molecule has 0 saturated heterocycles. The van der Waals surface area contributed by atoms with Crippen LogP contribution in [0.5, 0.6) is 5.75 Å². The van der Waals surface area contributed by atoms with E-state index in [9.17, 15) is 0 Å². The van der Waals surface area contributed by atoms with Crippen molar-refractivity contribution in [3.63, 3.8) is 0 Å². The number of methoxy groups -OCH3 is 1. The van der Waals surface area contributed by atoms with E-state index in [0.29, 0.717) is 23.2 Å². The van der Waals surface area contributed by atoms with Crippen molar-refractivity contribution < 1.29 is 37.9 Å². The number of ether oxygens (including phenoxy) is 2. The van der Waals surface area contributed by atoms with E-state index in [1.165, 1.54) is 15.9 Å². The SMILES string of the molecule is CC[C@H](CO[Si](C(C)C)(C(C)C)C(C)C)[C@@H](OCc1ccc(OC)cc1)[C@H](C)C[P+](c1ccccc1)(c1ccccc1)c1ccccc1.[I-]. The molecule has 0 saturated carbocycles. The maximum atomic E-state index is 7.32. The van der Waals surface area contributed by atoms with E-state index >= 15 is 0 Å². The van der Waals surface area contributed by atoms with E-state index < -0.39 is 15.6 Å². The average Bonchev–Trinajstić information content (AvgIpc) is 3.10. The summed E-state index contributed by atoms with van der Waals surface area (Å²) in [5.41, 5.74) is 2.78. The number of hydrogen-bond donors (Lipinski definition) is 0. The molecular weight excluding hydrogens is 750 g/mol. The summed E-state index contributed by atoms with van der Waals surface area (Å²) in [4.78, 5) is 0. The highest BCUT2D eigenvalue weighted by atomic mass is 127. The Hall–Kier alpha value is -2.02. The van der Waals surface area contributed by atoms with Crippen LogP contribution in [0.3, 0.4) is 0 Å². The highest BCUT2D eigenvalue weighted by Gasteiger charge is 2.49. The van der Waals surface area contributed by atoms with Gasteiger partial charge in [-0.1, -0.05) is 122 Å². The third-order valence-corrected chi connectivity index (χ3v) is 21.3. The van der Waals surface area contributed by atoms with Gasteiger partial charge in [-0.2, -0.15) is 0 Å². The minimum Gasteiger partial charge on any atom is -1.00 e. The van der Waals surface area contributed by atoms with Crippen molar-refractivity contribution in [1.29, 1.82) is 0 Å². The number of halogens is 1. The van der Waals surface area contributed by atoms with Gasteiger partial charge in [0.05, 0.1) is 26.0 Å². The fourth-order valence-corrected chi connectivity index (χ4v) is 18.4. The van der Waals surface area contributed by atoms with Gasteiger partial charge in [-0.3, -0.25) is 0 Å². The number of hydrogen-bond acceptors (Lipinski definition) is 3. The quantitative estimate of drug-likeness (QED) is 0.0595. The van der Waals surface area contributed by atoms with E-state index in [0.717, 1.165) is 30.5 Å². The second-order valence-corrected chi connectivity index (χ2v) is 23.4. The van der Waals surface area contributed by atoms with Gasteiger partial charge in [-0.05, 0) is 77.1 Å². The molecule has 3 atom stereocenters. The van der Waals surface area contributed by atoms with Gasteiger partial charge in [0.1, 0.15) is 28.9 Å². The van der Waals surface area contributed by atoms with Crippen LogP contribution in [0.15, 0.2) is 115 Å². The van der Waals surface area contributed by atoms with Crippen molar-refractivity contribution in [3.05, 3.63) is 121 Å². The Morgan fingerprint density at radius 3 is 1.41 bits per heavy atom. The maximum Gasteiger partial charge on any atom is 0.200 e. The molecular formula is C43H60IO3PSi. The van der Waals surface area contributed by atoms with Crippen molar-refractivity contribution in [2.24, 2.45) is 11.8 Å². The lowest BCUT2D eigenvalue weighted by Crippen LogP contribution is -3.00. The lowest BCUT2D eigenvalue weighted by Gasteiger charge is -2.44. The van der Waals surface area contributed by atoms with Crippen molar-refractivity contribution in [3.8, 4) is 5.75 Å². The summed E-state index contributed by atoms with van der Waals surface area (Å²) in [5.74, 6) is 1.40. The second-order valence-electron chi connectivity index (χ2n) is 14.4. The predicted octanol–water partition coefficient (Wildman–Crippen LogP) is 7.43. The molecule has 0 aromatic heterocycles. The molecule has 0 aliphatic carbocycles.